The number of rotatable bonds is 5. The van der Waals surface area contributed by atoms with Crippen LogP contribution in [0.25, 0.3) is 0 Å². The first-order valence-electron chi connectivity index (χ1n) is 7.14. The monoisotopic (exact) mass is 307 g/mol. The topological polar surface area (TPSA) is 32.3 Å². The van der Waals surface area contributed by atoms with Crippen LogP contribution in [0.1, 0.15) is 30.1 Å². The fraction of sp³-hybridized carbons (Fsp3) is 0.294. The van der Waals surface area contributed by atoms with Crippen LogP contribution in [0.5, 0.6) is 0 Å². The van der Waals surface area contributed by atoms with Gasteiger partial charge in [0.05, 0.1) is 6.10 Å². The van der Waals surface area contributed by atoms with Crippen molar-refractivity contribution >= 4 is 0 Å². The van der Waals surface area contributed by atoms with Crippen molar-refractivity contribution < 1.29 is 18.3 Å². The van der Waals surface area contributed by atoms with Gasteiger partial charge in [0, 0.05) is 23.7 Å². The average Bonchev–Trinajstić information content (AvgIpc) is 3.26. The lowest BCUT2D eigenvalue weighted by Crippen LogP contribution is -2.33. The van der Waals surface area contributed by atoms with Crippen LogP contribution in [0.4, 0.5) is 13.2 Å². The van der Waals surface area contributed by atoms with Gasteiger partial charge in [-0.1, -0.05) is 18.2 Å². The summed E-state index contributed by atoms with van der Waals surface area (Å²) in [5.41, 5.74) is 0.503. The molecule has 0 bridgehead atoms. The van der Waals surface area contributed by atoms with E-state index >= 15 is 0 Å². The molecule has 0 amide bonds. The summed E-state index contributed by atoms with van der Waals surface area (Å²) in [5.74, 6) is -1.76. The molecule has 0 heterocycles. The lowest BCUT2D eigenvalue weighted by molar-refractivity contribution is 0.163. The fourth-order valence-electron chi connectivity index (χ4n) is 2.65. The Balaban J connectivity index is 1.69. The van der Waals surface area contributed by atoms with Gasteiger partial charge in [-0.05, 0) is 36.6 Å². The highest BCUT2D eigenvalue weighted by atomic mass is 19.1. The van der Waals surface area contributed by atoms with Crippen molar-refractivity contribution in [1.82, 2.24) is 5.32 Å². The molecule has 0 saturated heterocycles. The molecule has 22 heavy (non-hydrogen) atoms. The molecule has 1 saturated carbocycles. The smallest absolute Gasteiger partial charge is 0.131 e. The van der Waals surface area contributed by atoms with Crippen LogP contribution in [-0.2, 0) is 5.54 Å². The second kappa shape index (κ2) is 5.74. The molecule has 0 aliphatic heterocycles. The molecular weight excluding hydrogens is 291 g/mol. The molecule has 2 N–H and O–H groups in total. The first kappa shape index (κ1) is 15.1. The molecule has 1 aliphatic rings. The van der Waals surface area contributed by atoms with Crippen molar-refractivity contribution in [3.8, 4) is 0 Å². The van der Waals surface area contributed by atoms with Gasteiger partial charge in [0.1, 0.15) is 17.5 Å². The minimum Gasteiger partial charge on any atom is -0.387 e. The van der Waals surface area contributed by atoms with E-state index in [9.17, 15) is 18.3 Å². The van der Waals surface area contributed by atoms with Gasteiger partial charge in [-0.25, -0.2) is 13.2 Å². The maximum atomic E-state index is 13.6. The highest BCUT2D eigenvalue weighted by molar-refractivity contribution is 5.31. The Morgan fingerprint density at radius 1 is 1.05 bits per heavy atom. The van der Waals surface area contributed by atoms with Crippen LogP contribution < -0.4 is 5.32 Å². The predicted octanol–water partition coefficient (Wildman–Crippen LogP) is 3.42. The van der Waals surface area contributed by atoms with Crippen molar-refractivity contribution in [3.63, 3.8) is 0 Å². The van der Waals surface area contributed by atoms with Gasteiger partial charge in [-0.2, -0.15) is 0 Å². The Morgan fingerprint density at radius 3 is 2.41 bits per heavy atom. The molecule has 0 radical (unpaired) electrons. The summed E-state index contributed by atoms with van der Waals surface area (Å²) in [4.78, 5) is 0. The Hall–Kier alpha value is -1.85. The van der Waals surface area contributed by atoms with E-state index in [1.807, 2.05) is 6.07 Å². The van der Waals surface area contributed by atoms with Gasteiger partial charge < -0.3 is 10.4 Å². The van der Waals surface area contributed by atoms with Crippen LogP contribution in [0, 0.1) is 17.5 Å². The van der Waals surface area contributed by atoms with E-state index in [1.54, 1.807) is 6.07 Å². The van der Waals surface area contributed by atoms with Crippen LogP contribution in [0.15, 0.2) is 42.5 Å². The van der Waals surface area contributed by atoms with E-state index in [0.29, 0.717) is 0 Å². The van der Waals surface area contributed by atoms with Crippen LogP contribution in [0.3, 0.4) is 0 Å². The summed E-state index contributed by atoms with van der Waals surface area (Å²) in [6, 6.07) is 9.40. The van der Waals surface area contributed by atoms with Crippen LogP contribution >= 0.6 is 0 Å². The van der Waals surface area contributed by atoms with Crippen molar-refractivity contribution in [1.29, 1.82) is 0 Å². The number of hydrogen-bond acceptors (Lipinski definition) is 2. The predicted molar refractivity (Wildman–Crippen MR) is 76.6 cm³/mol. The van der Waals surface area contributed by atoms with E-state index < -0.39 is 17.7 Å². The largest absolute Gasteiger partial charge is 0.387 e. The first-order chi connectivity index (χ1) is 10.5. The molecule has 1 fully saturated rings. The molecule has 1 aliphatic carbocycles. The van der Waals surface area contributed by atoms with Crippen molar-refractivity contribution in [3.05, 3.63) is 71.0 Å². The average molecular weight is 307 g/mol. The fourth-order valence-corrected chi connectivity index (χ4v) is 2.65. The van der Waals surface area contributed by atoms with Crippen LogP contribution in [-0.4, -0.2) is 11.7 Å². The molecular formula is C17H16F3NO. The van der Waals surface area contributed by atoms with Gasteiger partial charge in [-0.3, -0.25) is 0 Å². The number of aliphatic hydroxyl groups is 1. The van der Waals surface area contributed by atoms with E-state index in [1.165, 1.54) is 18.2 Å². The second-order valence-corrected chi connectivity index (χ2v) is 5.65. The number of nitrogens with one attached hydrogen (secondary N) is 1. The van der Waals surface area contributed by atoms with Gasteiger partial charge in [0.2, 0.25) is 0 Å². The molecule has 3 rings (SSSR count). The quantitative estimate of drug-likeness (QED) is 0.887. The number of aliphatic hydroxyl groups excluding tert-OH is 1. The minimum absolute atomic E-state index is 0.0453. The maximum Gasteiger partial charge on any atom is 0.131 e. The van der Waals surface area contributed by atoms with E-state index in [4.69, 9.17) is 0 Å². The van der Waals surface area contributed by atoms with Gasteiger partial charge in [0.15, 0.2) is 0 Å². The Bertz CT molecular complexity index is 685. The normalized spacial score (nSPS) is 17.3. The van der Waals surface area contributed by atoms with Crippen molar-refractivity contribution in [2.75, 3.05) is 6.54 Å². The van der Waals surface area contributed by atoms with Gasteiger partial charge in [0.25, 0.3) is 0 Å². The van der Waals surface area contributed by atoms with Gasteiger partial charge in [-0.15, -0.1) is 0 Å². The molecule has 2 nitrogen and oxygen atoms in total. The van der Waals surface area contributed by atoms with Gasteiger partial charge >= 0.3 is 0 Å². The second-order valence-electron chi connectivity index (χ2n) is 5.65. The third kappa shape index (κ3) is 3.00. The van der Waals surface area contributed by atoms with E-state index in [0.717, 1.165) is 30.5 Å². The zero-order valence-electron chi connectivity index (χ0n) is 11.8. The summed E-state index contributed by atoms with van der Waals surface area (Å²) >= 11 is 0. The van der Waals surface area contributed by atoms with E-state index in [-0.39, 0.29) is 23.5 Å². The Morgan fingerprint density at radius 2 is 1.77 bits per heavy atom. The molecule has 116 valence electrons. The summed E-state index contributed by atoms with van der Waals surface area (Å²) < 4.78 is 39.8. The molecule has 2 aromatic rings. The van der Waals surface area contributed by atoms with Crippen molar-refractivity contribution in [2.45, 2.75) is 24.5 Å². The molecule has 5 heteroatoms. The highest BCUT2D eigenvalue weighted by Gasteiger charge is 2.44. The third-order valence-corrected chi connectivity index (χ3v) is 4.08. The first-order valence-corrected chi connectivity index (χ1v) is 7.14. The van der Waals surface area contributed by atoms with Crippen molar-refractivity contribution in [2.24, 2.45) is 0 Å². The number of benzene rings is 2. The summed E-state index contributed by atoms with van der Waals surface area (Å²) in [6.07, 6.45) is 0.566. The molecule has 0 spiro atoms. The molecule has 1 atom stereocenters. The Kier molecular flexibility index (Phi) is 3.93. The number of hydrogen-bond donors (Lipinski definition) is 2. The molecule has 1 unspecified atom stereocenters. The Labute approximate surface area is 126 Å². The SMILES string of the molecule is OC(CNC1(c2cccc(F)c2)CC1)c1ccc(F)cc1F. The minimum atomic E-state index is -1.09. The summed E-state index contributed by atoms with van der Waals surface area (Å²) in [6.45, 7) is 0.110. The van der Waals surface area contributed by atoms with Crippen LogP contribution in [0.2, 0.25) is 0 Å². The highest BCUT2D eigenvalue weighted by Crippen LogP contribution is 2.45. The number of halogens is 3. The lowest BCUT2D eigenvalue weighted by atomic mass is 10.0. The zero-order chi connectivity index (χ0) is 15.7. The summed E-state index contributed by atoms with van der Waals surface area (Å²) in [7, 11) is 0. The third-order valence-electron chi connectivity index (χ3n) is 4.08. The summed E-state index contributed by atoms with van der Waals surface area (Å²) in [5, 5.41) is 13.3. The lowest BCUT2D eigenvalue weighted by Gasteiger charge is -2.21. The molecule has 0 aromatic heterocycles. The van der Waals surface area contributed by atoms with E-state index in [2.05, 4.69) is 5.32 Å². The zero-order valence-corrected chi connectivity index (χ0v) is 11.8. The molecule has 2 aromatic carbocycles. The standard InChI is InChI=1S/C17H16F3NO/c18-12-3-1-2-11(8-12)17(6-7-17)21-10-16(22)14-5-4-13(19)9-15(14)20/h1-5,8-9,16,21-22H,6-7,10H2. The maximum absolute atomic E-state index is 13.6.